The normalized spacial score (nSPS) is 11.5. The van der Waals surface area contributed by atoms with Gasteiger partial charge in [0.2, 0.25) is 0 Å². The lowest BCUT2D eigenvalue weighted by molar-refractivity contribution is 0.0699. The van der Waals surface area contributed by atoms with Gasteiger partial charge in [-0.25, -0.2) is 9.78 Å². The molecule has 0 bridgehead atoms. The van der Waals surface area contributed by atoms with Crippen LogP contribution in [0.3, 0.4) is 0 Å². The van der Waals surface area contributed by atoms with Crippen molar-refractivity contribution >= 4 is 16.9 Å². The fourth-order valence-electron chi connectivity index (χ4n) is 2.93. The minimum absolute atomic E-state index is 0.0611. The summed E-state index contributed by atoms with van der Waals surface area (Å²) in [4.78, 5) is 16.6. The summed E-state index contributed by atoms with van der Waals surface area (Å²) in [5.74, 6) is -0.211. The minimum atomic E-state index is -0.953. The first-order chi connectivity index (χ1) is 12.3. The third-order valence-electron chi connectivity index (χ3n) is 4.35. The van der Waals surface area contributed by atoms with Crippen molar-refractivity contribution in [2.24, 2.45) is 0 Å². The topological polar surface area (TPSA) is 59.4 Å². The molecule has 0 radical (unpaired) electrons. The molecule has 3 aromatic rings. The summed E-state index contributed by atoms with van der Waals surface area (Å²) in [6.07, 6.45) is 0. The van der Waals surface area contributed by atoms with Gasteiger partial charge in [0.25, 0.3) is 0 Å². The fourth-order valence-corrected chi connectivity index (χ4v) is 2.93. The summed E-state index contributed by atoms with van der Waals surface area (Å²) < 4.78 is 5.54. The van der Waals surface area contributed by atoms with Gasteiger partial charge in [0, 0.05) is 10.9 Å². The molecule has 0 saturated carbocycles. The molecule has 0 amide bonds. The Kier molecular flexibility index (Phi) is 4.68. The molecule has 1 heterocycles. The Balaban J connectivity index is 2.20. The predicted molar refractivity (Wildman–Crippen MR) is 104 cm³/mol. The molecule has 0 unspecified atom stereocenters. The van der Waals surface area contributed by atoms with Crippen LogP contribution in [0.5, 0.6) is 5.75 Å². The molecule has 0 aliphatic heterocycles. The molecule has 0 aliphatic carbocycles. The van der Waals surface area contributed by atoms with Gasteiger partial charge in [0.15, 0.2) is 0 Å². The van der Waals surface area contributed by atoms with E-state index in [0.717, 1.165) is 16.9 Å². The zero-order valence-electron chi connectivity index (χ0n) is 15.5. The molecule has 0 saturated heterocycles. The molecule has 4 heteroatoms. The monoisotopic (exact) mass is 349 g/mol. The molecular formula is C22H23NO3. The van der Waals surface area contributed by atoms with Crippen molar-refractivity contribution in [3.63, 3.8) is 0 Å². The zero-order chi connectivity index (χ0) is 18.9. The van der Waals surface area contributed by atoms with Gasteiger partial charge >= 0.3 is 5.97 Å². The van der Waals surface area contributed by atoms with Crippen LogP contribution in [-0.2, 0) is 5.41 Å². The van der Waals surface area contributed by atoms with E-state index in [1.165, 1.54) is 0 Å². The van der Waals surface area contributed by atoms with E-state index in [0.29, 0.717) is 23.2 Å². The summed E-state index contributed by atoms with van der Waals surface area (Å²) >= 11 is 0. The van der Waals surface area contributed by atoms with E-state index in [1.807, 2.05) is 49.4 Å². The quantitative estimate of drug-likeness (QED) is 0.695. The summed E-state index contributed by atoms with van der Waals surface area (Å²) in [5.41, 5.74) is 3.42. The largest absolute Gasteiger partial charge is 0.494 e. The number of benzene rings is 2. The average molecular weight is 349 g/mol. The first kappa shape index (κ1) is 17.9. The van der Waals surface area contributed by atoms with Crippen LogP contribution in [0, 0.1) is 0 Å². The van der Waals surface area contributed by atoms with Crippen molar-refractivity contribution in [2.45, 2.75) is 33.1 Å². The Hall–Kier alpha value is -2.88. The zero-order valence-corrected chi connectivity index (χ0v) is 15.5. The van der Waals surface area contributed by atoms with E-state index in [1.54, 1.807) is 6.07 Å². The molecule has 0 atom stereocenters. The van der Waals surface area contributed by atoms with Crippen molar-refractivity contribution in [3.05, 3.63) is 59.7 Å². The smallest absolute Gasteiger partial charge is 0.336 e. The van der Waals surface area contributed by atoms with Crippen molar-refractivity contribution in [3.8, 4) is 17.0 Å². The van der Waals surface area contributed by atoms with Crippen molar-refractivity contribution in [1.29, 1.82) is 0 Å². The maximum atomic E-state index is 11.9. The standard InChI is InChI=1S/C22H23NO3/c1-5-26-16-8-6-7-14(11-16)20-13-18(21(24)25)17-12-15(22(2,3)4)9-10-19(17)23-20/h6-13H,5H2,1-4H3,(H,24,25). The Morgan fingerprint density at radius 3 is 2.54 bits per heavy atom. The number of aromatic carboxylic acids is 1. The maximum Gasteiger partial charge on any atom is 0.336 e. The number of fused-ring (bicyclic) bond motifs is 1. The first-order valence-corrected chi connectivity index (χ1v) is 8.71. The molecule has 0 spiro atoms. The van der Waals surface area contributed by atoms with Crippen molar-refractivity contribution in [2.75, 3.05) is 6.61 Å². The van der Waals surface area contributed by atoms with E-state index >= 15 is 0 Å². The van der Waals surface area contributed by atoms with Gasteiger partial charge in [-0.05, 0) is 48.2 Å². The van der Waals surface area contributed by atoms with Gasteiger partial charge in [-0.15, -0.1) is 0 Å². The van der Waals surface area contributed by atoms with Crippen molar-refractivity contribution in [1.82, 2.24) is 4.98 Å². The second kappa shape index (κ2) is 6.79. The fraction of sp³-hybridized carbons (Fsp3) is 0.273. The number of hydrogen-bond acceptors (Lipinski definition) is 3. The Morgan fingerprint density at radius 1 is 1.12 bits per heavy atom. The second-order valence-corrected chi connectivity index (χ2v) is 7.30. The molecule has 3 rings (SSSR count). The molecular weight excluding hydrogens is 326 g/mol. The number of nitrogens with zero attached hydrogens (tertiary/aromatic N) is 1. The molecule has 1 N–H and O–H groups in total. The highest BCUT2D eigenvalue weighted by Crippen LogP contribution is 2.31. The lowest BCUT2D eigenvalue weighted by Crippen LogP contribution is -2.11. The van der Waals surface area contributed by atoms with E-state index < -0.39 is 5.97 Å². The predicted octanol–water partition coefficient (Wildman–Crippen LogP) is 5.30. The summed E-state index contributed by atoms with van der Waals surface area (Å²) in [7, 11) is 0. The number of ether oxygens (including phenoxy) is 1. The number of carboxylic acid groups (broad SMARTS) is 1. The number of pyridine rings is 1. The van der Waals surface area contributed by atoms with Crippen LogP contribution in [0.15, 0.2) is 48.5 Å². The van der Waals surface area contributed by atoms with Gasteiger partial charge in [0.05, 0.1) is 23.4 Å². The Labute approximate surface area is 153 Å². The van der Waals surface area contributed by atoms with Crippen LogP contribution in [0.2, 0.25) is 0 Å². The van der Waals surface area contributed by atoms with E-state index in [2.05, 4.69) is 20.8 Å². The van der Waals surface area contributed by atoms with Crippen LogP contribution >= 0.6 is 0 Å². The lowest BCUT2D eigenvalue weighted by Gasteiger charge is -2.20. The van der Waals surface area contributed by atoms with Gasteiger partial charge in [-0.3, -0.25) is 0 Å². The Bertz CT molecular complexity index is 971. The molecule has 1 aromatic heterocycles. The number of rotatable bonds is 4. The van der Waals surface area contributed by atoms with E-state index in [9.17, 15) is 9.90 Å². The highest BCUT2D eigenvalue weighted by molar-refractivity contribution is 6.04. The van der Waals surface area contributed by atoms with Gasteiger partial charge in [-0.2, -0.15) is 0 Å². The molecule has 134 valence electrons. The van der Waals surface area contributed by atoms with Gasteiger partial charge < -0.3 is 9.84 Å². The molecule has 0 aliphatic rings. The summed E-state index contributed by atoms with van der Waals surface area (Å²) in [6.45, 7) is 8.82. The SMILES string of the molecule is CCOc1cccc(-c2cc(C(=O)O)c3cc(C(C)(C)C)ccc3n2)c1. The minimum Gasteiger partial charge on any atom is -0.494 e. The highest BCUT2D eigenvalue weighted by atomic mass is 16.5. The van der Waals surface area contributed by atoms with Crippen LogP contribution in [0.25, 0.3) is 22.2 Å². The number of hydrogen-bond donors (Lipinski definition) is 1. The molecule has 2 aromatic carbocycles. The first-order valence-electron chi connectivity index (χ1n) is 8.71. The van der Waals surface area contributed by atoms with Crippen LogP contribution in [0.1, 0.15) is 43.6 Å². The third-order valence-corrected chi connectivity index (χ3v) is 4.35. The number of carboxylic acids is 1. The summed E-state index contributed by atoms with van der Waals surface area (Å²) in [6, 6.07) is 15.0. The Morgan fingerprint density at radius 2 is 1.88 bits per heavy atom. The molecule has 0 fully saturated rings. The molecule has 26 heavy (non-hydrogen) atoms. The third kappa shape index (κ3) is 3.54. The van der Waals surface area contributed by atoms with Crippen LogP contribution < -0.4 is 4.74 Å². The van der Waals surface area contributed by atoms with Gasteiger partial charge in [-0.1, -0.05) is 39.0 Å². The van der Waals surface area contributed by atoms with E-state index in [-0.39, 0.29) is 11.0 Å². The van der Waals surface area contributed by atoms with Gasteiger partial charge in [0.1, 0.15) is 5.75 Å². The average Bonchev–Trinajstić information content (AvgIpc) is 2.60. The number of carbonyl (C=O) groups is 1. The van der Waals surface area contributed by atoms with Crippen LogP contribution in [0.4, 0.5) is 0 Å². The highest BCUT2D eigenvalue weighted by Gasteiger charge is 2.18. The maximum absolute atomic E-state index is 11.9. The molecule has 4 nitrogen and oxygen atoms in total. The number of aromatic nitrogens is 1. The van der Waals surface area contributed by atoms with E-state index in [4.69, 9.17) is 9.72 Å². The second-order valence-electron chi connectivity index (χ2n) is 7.30. The van der Waals surface area contributed by atoms with Crippen molar-refractivity contribution < 1.29 is 14.6 Å². The summed E-state index contributed by atoms with van der Waals surface area (Å²) in [5, 5.41) is 10.4. The van der Waals surface area contributed by atoms with Crippen LogP contribution in [-0.4, -0.2) is 22.7 Å². The lowest BCUT2D eigenvalue weighted by atomic mass is 9.86.